The fourth-order valence-corrected chi connectivity index (χ4v) is 4.44. The topological polar surface area (TPSA) is 28.2 Å². The van der Waals surface area contributed by atoms with Crippen LogP contribution in [0, 0.1) is 0 Å². The van der Waals surface area contributed by atoms with Crippen molar-refractivity contribution in [1.82, 2.24) is 9.88 Å². The summed E-state index contributed by atoms with van der Waals surface area (Å²) in [5.41, 5.74) is 3.77. The Morgan fingerprint density at radius 3 is 2.56 bits per heavy atom. The molecule has 1 N–H and O–H groups in total. The van der Waals surface area contributed by atoms with Gasteiger partial charge < -0.3 is 5.32 Å². The highest BCUT2D eigenvalue weighted by atomic mass is 32.1. The van der Waals surface area contributed by atoms with Gasteiger partial charge in [0, 0.05) is 29.1 Å². The average molecular weight is 358 g/mol. The highest BCUT2D eigenvalue weighted by Crippen LogP contribution is 2.30. The molecule has 1 aliphatic rings. The van der Waals surface area contributed by atoms with Crippen LogP contribution < -0.4 is 5.32 Å². The number of anilines is 2. The fraction of sp³-hybridized carbons (Fsp3) is 0.571. The van der Waals surface area contributed by atoms with Gasteiger partial charge in [-0.15, -0.1) is 11.3 Å². The third kappa shape index (κ3) is 4.83. The quantitative estimate of drug-likeness (QED) is 0.717. The highest BCUT2D eigenvalue weighted by molar-refractivity contribution is 7.13. The van der Waals surface area contributed by atoms with Gasteiger partial charge in [0.05, 0.1) is 5.69 Å². The summed E-state index contributed by atoms with van der Waals surface area (Å²) >= 11 is 1.69. The number of nitrogens with one attached hydrogen (secondary N) is 1. The first-order valence-corrected chi connectivity index (χ1v) is 10.3. The molecule has 136 valence electrons. The highest BCUT2D eigenvalue weighted by Gasteiger charge is 2.20. The Morgan fingerprint density at radius 2 is 1.88 bits per heavy atom. The van der Waals surface area contributed by atoms with Crippen molar-refractivity contribution < 1.29 is 0 Å². The second-order valence-corrected chi connectivity index (χ2v) is 9.14. The summed E-state index contributed by atoms with van der Waals surface area (Å²) in [7, 11) is 2.27. The monoisotopic (exact) mass is 357 g/mol. The van der Waals surface area contributed by atoms with Gasteiger partial charge in [-0.1, -0.05) is 58.2 Å². The van der Waals surface area contributed by atoms with Crippen LogP contribution in [-0.2, 0) is 12.0 Å². The van der Waals surface area contributed by atoms with Crippen molar-refractivity contribution in [2.75, 3.05) is 12.4 Å². The van der Waals surface area contributed by atoms with E-state index in [0.717, 1.165) is 23.4 Å². The van der Waals surface area contributed by atoms with Crippen LogP contribution in [0.1, 0.15) is 64.1 Å². The third-order valence-electron chi connectivity index (χ3n) is 5.15. The second-order valence-electron chi connectivity index (χ2n) is 8.28. The summed E-state index contributed by atoms with van der Waals surface area (Å²) in [6.07, 6.45) is 6.84. The van der Waals surface area contributed by atoms with E-state index in [1.165, 1.54) is 43.4 Å². The molecule has 1 aliphatic carbocycles. The maximum Gasteiger partial charge on any atom is 0.187 e. The third-order valence-corrected chi connectivity index (χ3v) is 5.91. The molecule has 0 radical (unpaired) electrons. The van der Waals surface area contributed by atoms with Gasteiger partial charge in [-0.05, 0) is 31.5 Å². The largest absolute Gasteiger partial charge is 0.331 e. The normalized spacial score (nSPS) is 16.4. The lowest BCUT2D eigenvalue weighted by molar-refractivity contribution is 0.185. The molecule has 3 nitrogen and oxygen atoms in total. The van der Waals surface area contributed by atoms with Crippen LogP contribution in [0.2, 0.25) is 0 Å². The van der Waals surface area contributed by atoms with Crippen LogP contribution in [0.4, 0.5) is 10.8 Å². The van der Waals surface area contributed by atoms with Crippen LogP contribution in [0.25, 0.3) is 0 Å². The molecule has 0 aliphatic heterocycles. The first-order chi connectivity index (χ1) is 11.9. The molecular formula is C21H31N3S. The zero-order valence-electron chi connectivity index (χ0n) is 16.0. The van der Waals surface area contributed by atoms with Gasteiger partial charge in [-0.3, -0.25) is 4.90 Å². The summed E-state index contributed by atoms with van der Waals surface area (Å²) in [5, 5.41) is 6.70. The molecule has 0 bridgehead atoms. The van der Waals surface area contributed by atoms with E-state index in [4.69, 9.17) is 4.98 Å². The molecule has 0 saturated heterocycles. The zero-order valence-corrected chi connectivity index (χ0v) is 16.8. The first kappa shape index (κ1) is 18.4. The summed E-state index contributed by atoms with van der Waals surface area (Å²) in [6, 6.07) is 9.37. The van der Waals surface area contributed by atoms with Crippen molar-refractivity contribution in [3.8, 4) is 0 Å². The second kappa shape index (κ2) is 7.88. The Kier molecular flexibility index (Phi) is 5.80. The van der Waals surface area contributed by atoms with Gasteiger partial charge in [0.15, 0.2) is 5.13 Å². The predicted octanol–water partition coefficient (Wildman–Crippen LogP) is 5.95. The lowest BCUT2D eigenvalue weighted by atomic mass is 9.93. The Morgan fingerprint density at radius 1 is 1.16 bits per heavy atom. The van der Waals surface area contributed by atoms with Crippen LogP contribution in [0.3, 0.4) is 0 Å². The van der Waals surface area contributed by atoms with E-state index in [1.54, 1.807) is 11.3 Å². The number of hydrogen-bond acceptors (Lipinski definition) is 4. The molecule has 25 heavy (non-hydrogen) atoms. The van der Waals surface area contributed by atoms with E-state index in [2.05, 4.69) is 67.7 Å². The van der Waals surface area contributed by atoms with Crippen LogP contribution >= 0.6 is 11.3 Å². The van der Waals surface area contributed by atoms with Crippen molar-refractivity contribution in [2.24, 2.45) is 0 Å². The van der Waals surface area contributed by atoms with Crippen LogP contribution in [0.5, 0.6) is 0 Å². The van der Waals surface area contributed by atoms with Gasteiger partial charge in [-0.25, -0.2) is 4.98 Å². The number of para-hydroxylation sites is 1. The predicted molar refractivity (Wildman–Crippen MR) is 109 cm³/mol. The Hall–Kier alpha value is -1.39. The van der Waals surface area contributed by atoms with E-state index in [9.17, 15) is 0 Å². The zero-order chi connectivity index (χ0) is 17.9. The molecule has 0 spiro atoms. The van der Waals surface area contributed by atoms with E-state index in [0.29, 0.717) is 0 Å². The van der Waals surface area contributed by atoms with E-state index in [-0.39, 0.29) is 5.41 Å². The lowest BCUT2D eigenvalue weighted by Crippen LogP contribution is -2.33. The van der Waals surface area contributed by atoms with Gasteiger partial charge >= 0.3 is 0 Å². The molecular weight excluding hydrogens is 326 g/mol. The maximum absolute atomic E-state index is 4.78. The van der Waals surface area contributed by atoms with Gasteiger partial charge in [-0.2, -0.15) is 0 Å². The van der Waals surface area contributed by atoms with E-state index >= 15 is 0 Å². The van der Waals surface area contributed by atoms with Crippen molar-refractivity contribution in [3.63, 3.8) is 0 Å². The van der Waals surface area contributed by atoms with Crippen molar-refractivity contribution in [3.05, 3.63) is 40.9 Å². The molecule has 1 heterocycles. The molecule has 0 unspecified atom stereocenters. The average Bonchev–Trinajstić information content (AvgIpc) is 3.06. The summed E-state index contributed by atoms with van der Waals surface area (Å²) < 4.78 is 0. The molecule has 3 rings (SSSR count). The fourth-order valence-electron chi connectivity index (χ4n) is 3.49. The first-order valence-electron chi connectivity index (χ1n) is 9.44. The van der Waals surface area contributed by atoms with E-state index < -0.39 is 0 Å². The number of hydrogen-bond donors (Lipinski definition) is 1. The molecule has 2 aromatic rings. The smallest absolute Gasteiger partial charge is 0.187 e. The number of nitrogens with zero attached hydrogens (tertiary/aromatic N) is 2. The SMILES string of the molecule is CN(Cc1ccccc1Nc1nc(C(C)(C)C)cs1)C1CCCCC1. The Balaban J connectivity index is 1.71. The van der Waals surface area contributed by atoms with Crippen molar-refractivity contribution in [2.45, 2.75) is 70.9 Å². The number of aromatic nitrogens is 1. The lowest BCUT2D eigenvalue weighted by Gasteiger charge is -2.31. The Labute approximate surface area is 156 Å². The molecule has 1 fully saturated rings. The van der Waals surface area contributed by atoms with Crippen molar-refractivity contribution >= 4 is 22.2 Å². The van der Waals surface area contributed by atoms with Crippen LogP contribution in [-0.4, -0.2) is 23.0 Å². The molecule has 0 amide bonds. The summed E-state index contributed by atoms with van der Waals surface area (Å²) in [6.45, 7) is 7.61. The summed E-state index contributed by atoms with van der Waals surface area (Å²) in [5.74, 6) is 0. The molecule has 4 heteroatoms. The van der Waals surface area contributed by atoms with Crippen LogP contribution in [0.15, 0.2) is 29.6 Å². The van der Waals surface area contributed by atoms with Crippen molar-refractivity contribution in [1.29, 1.82) is 0 Å². The van der Waals surface area contributed by atoms with Gasteiger partial charge in [0.25, 0.3) is 0 Å². The maximum atomic E-state index is 4.78. The van der Waals surface area contributed by atoms with E-state index in [1.807, 2.05) is 0 Å². The minimum Gasteiger partial charge on any atom is -0.331 e. The molecule has 0 atom stereocenters. The van der Waals surface area contributed by atoms with Gasteiger partial charge in [0.2, 0.25) is 0 Å². The number of benzene rings is 1. The summed E-state index contributed by atoms with van der Waals surface area (Å²) in [4.78, 5) is 7.31. The standard InChI is InChI=1S/C21H31N3S/c1-21(2,3)19-15-25-20(23-19)22-18-13-9-8-10-16(18)14-24(4)17-11-6-5-7-12-17/h8-10,13,15,17H,5-7,11-12,14H2,1-4H3,(H,22,23). The Bertz CT molecular complexity index is 680. The van der Waals surface area contributed by atoms with Gasteiger partial charge in [0.1, 0.15) is 0 Å². The molecule has 1 aromatic carbocycles. The molecule has 1 aromatic heterocycles. The number of rotatable bonds is 5. The molecule has 1 saturated carbocycles. The number of thiazole rings is 1. The minimum atomic E-state index is 0.0944. The minimum absolute atomic E-state index is 0.0944.